The molecule has 0 aliphatic heterocycles. The summed E-state index contributed by atoms with van der Waals surface area (Å²) in [5.41, 5.74) is 7.65. The van der Waals surface area contributed by atoms with Crippen molar-refractivity contribution in [1.82, 2.24) is 9.78 Å². The van der Waals surface area contributed by atoms with Crippen LogP contribution in [0.15, 0.2) is 109 Å². The Morgan fingerprint density at radius 1 is 0.778 bits per heavy atom. The van der Waals surface area contributed by atoms with Crippen molar-refractivity contribution in [2.45, 2.75) is 13.3 Å². The van der Waals surface area contributed by atoms with Crippen molar-refractivity contribution >= 4 is 5.97 Å². The van der Waals surface area contributed by atoms with Crippen LogP contribution in [0.5, 0.6) is 5.75 Å². The molecule has 5 rings (SSSR count). The quantitative estimate of drug-likeness (QED) is 0.266. The minimum atomic E-state index is -1.03. The first-order valence-electron chi connectivity index (χ1n) is 11.9. The van der Waals surface area contributed by atoms with E-state index in [1.165, 1.54) is 0 Å². The summed E-state index contributed by atoms with van der Waals surface area (Å²) in [5.74, 6) is -0.563. The molecule has 5 aromatic rings. The average Bonchev–Trinajstić information content (AvgIpc) is 3.32. The predicted octanol–water partition coefficient (Wildman–Crippen LogP) is 6.90. The molecule has 178 valence electrons. The van der Waals surface area contributed by atoms with Crippen LogP contribution >= 0.6 is 0 Å². The molecule has 0 amide bonds. The molecule has 5 nitrogen and oxygen atoms in total. The van der Waals surface area contributed by atoms with Gasteiger partial charge < -0.3 is 9.84 Å². The molecular weight excluding hydrogens is 448 g/mol. The van der Waals surface area contributed by atoms with E-state index >= 15 is 0 Å². The highest BCUT2D eigenvalue weighted by Gasteiger charge is 2.24. The lowest BCUT2D eigenvalue weighted by atomic mass is 9.97. The average molecular weight is 475 g/mol. The van der Waals surface area contributed by atoms with Crippen LogP contribution in [0.4, 0.5) is 0 Å². The van der Waals surface area contributed by atoms with Crippen LogP contribution in [0.1, 0.15) is 12.6 Å². The number of benzene rings is 4. The third-order valence-electron chi connectivity index (χ3n) is 6.07. The zero-order valence-corrected chi connectivity index (χ0v) is 20.0. The van der Waals surface area contributed by atoms with E-state index in [1.54, 1.807) is 6.07 Å². The summed E-state index contributed by atoms with van der Waals surface area (Å²) < 4.78 is 7.75. The van der Waals surface area contributed by atoms with E-state index in [1.807, 2.05) is 83.5 Å². The molecule has 36 heavy (non-hydrogen) atoms. The summed E-state index contributed by atoms with van der Waals surface area (Å²) in [6.45, 7) is 1.67. The molecule has 0 radical (unpaired) electrons. The van der Waals surface area contributed by atoms with Gasteiger partial charge in [0, 0.05) is 16.7 Å². The molecule has 5 heteroatoms. The van der Waals surface area contributed by atoms with Crippen molar-refractivity contribution in [2.75, 3.05) is 6.61 Å². The summed E-state index contributed by atoms with van der Waals surface area (Å²) >= 11 is 0. The number of hydrogen-bond donors (Lipinski definition) is 1. The Hall–Kier alpha value is -4.64. The van der Waals surface area contributed by atoms with Crippen LogP contribution in [0, 0.1) is 0 Å². The Labute approximate surface area is 210 Å². The number of ether oxygens (including phenoxy) is 1. The van der Waals surface area contributed by atoms with Crippen molar-refractivity contribution in [1.29, 1.82) is 0 Å². The van der Waals surface area contributed by atoms with Crippen LogP contribution in [0.3, 0.4) is 0 Å². The van der Waals surface area contributed by atoms with Crippen molar-refractivity contribution in [2.24, 2.45) is 0 Å². The molecule has 0 aliphatic rings. The minimum absolute atomic E-state index is 0.439. The standard InChI is InChI=1S/C31H26N2O3/c1-2-26-29(23-15-8-4-9-16-23)30(24-17-10-5-11-18-24)32-33(26)31-25(22-13-6-3-7-14-22)19-12-20-27(31)36-21-28(34)35/h3-20H,2,21H2,1H3,(H,34,35). The highest BCUT2D eigenvalue weighted by Crippen LogP contribution is 2.41. The fraction of sp³-hybridized carbons (Fsp3) is 0.0968. The monoisotopic (exact) mass is 474 g/mol. The van der Waals surface area contributed by atoms with Gasteiger partial charge in [0.2, 0.25) is 0 Å². The Morgan fingerprint density at radius 3 is 1.94 bits per heavy atom. The Balaban J connectivity index is 1.83. The number of carboxylic acids is 1. The molecular formula is C31H26N2O3. The van der Waals surface area contributed by atoms with Gasteiger partial charge in [-0.1, -0.05) is 110 Å². The van der Waals surface area contributed by atoms with Gasteiger partial charge >= 0.3 is 5.97 Å². The second-order valence-electron chi connectivity index (χ2n) is 8.37. The summed E-state index contributed by atoms with van der Waals surface area (Å²) in [5, 5.41) is 14.5. The fourth-order valence-electron chi connectivity index (χ4n) is 4.52. The zero-order valence-electron chi connectivity index (χ0n) is 20.0. The number of hydrogen-bond acceptors (Lipinski definition) is 3. The highest BCUT2D eigenvalue weighted by atomic mass is 16.5. The third-order valence-corrected chi connectivity index (χ3v) is 6.07. The van der Waals surface area contributed by atoms with Crippen molar-refractivity contribution in [3.63, 3.8) is 0 Å². The normalized spacial score (nSPS) is 10.8. The van der Waals surface area contributed by atoms with E-state index in [9.17, 15) is 9.90 Å². The summed E-state index contributed by atoms with van der Waals surface area (Å²) in [4.78, 5) is 11.4. The van der Waals surface area contributed by atoms with Gasteiger partial charge in [0.25, 0.3) is 0 Å². The number of aliphatic carboxylic acids is 1. The van der Waals surface area contributed by atoms with Crippen molar-refractivity contribution in [3.05, 3.63) is 115 Å². The van der Waals surface area contributed by atoms with Gasteiger partial charge in [-0.05, 0) is 23.6 Å². The smallest absolute Gasteiger partial charge is 0.341 e. The lowest BCUT2D eigenvalue weighted by Crippen LogP contribution is -2.13. The summed E-state index contributed by atoms with van der Waals surface area (Å²) in [7, 11) is 0. The fourth-order valence-corrected chi connectivity index (χ4v) is 4.52. The maximum atomic E-state index is 11.4. The minimum Gasteiger partial charge on any atom is -0.480 e. The molecule has 1 heterocycles. The molecule has 0 bridgehead atoms. The molecule has 0 spiro atoms. The Morgan fingerprint density at radius 2 is 1.36 bits per heavy atom. The first kappa shape index (κ1) is 23.1. The van der Waals surface area contributed by atoms with Gasteiger partial charge in [0.05, 0.1) is 5.69 Å². The van der Waals surface area contributed by atoms with E-state index < -0.39 is 12.6 Å². The van der Waals surface area contributed by atoms with Crippen molar-refractivity contribution in [3.8, 4) is 44.9 Å². The predicted molar refractivity (Wildman–Crippen MR) is 142 cm³/mol. The van der Waals surface area contributed by atoms with Crippen LogP contribution in [0.2, 0.25) is 0 Å². The number of nitrogens with zero attached hydrogens (tertiary/aromatic N) is 2. The molecule has 1 N–H and O–H groups in total. The largest absolute Gasteiger partial charge is 0.480 e. The van der Waals surface area contributed by atoms with E-state index in [2.05, 4.69) is 31.2 Å². The van der Waals surface area contributed by atoms with Crippen LogP contribution < -0.4 is 4.74 Å². The first-order valence-corrected chi connectivity index (χ1v) is 11.9. The second-order valence-corrected chi connectivity index (χ2v) is 8.37. The van der Waals surface area contributed by atoms with Crippen molar-refractivity contribution < 1.29 is 14.6 Å². The Kier molecular flexibility index (Phi) is 6.63. The molecule has 0 unspecified atom stereocenters. The summed E-state index contributed by atoms with van der Waals surface area (Å²) in [6, 6.07) is 36.1. The van der Waals surface area contributed by atoms with Gasteiger partial charge in [-0.2, -0.15) is 5.10 Å². The van der Waals surface area contributed by atoms with E-state index in [0.29, 0.717) is 12.2 Å². The van der Waals surface area contributed by atoms with Crippen LogP contribution in [-0.4, -0.2) is 27.5 Å². The third kappa shape index (κ3) is 4.51. The number of carboxylic acid groups (broad SMARTS) is 1. The number of para-hydroxylation sites is 1. The SMILES string of the molecule is CCc1c(-c2ccccc2)c(-c2ccccc2)nn1-c1c(OCC(=O)O)cccc1-c1ccccc1. The lowest BCUT2D eigenvalue weighted by Gasteiger charge is -2.17. The van der Waals surface area contributed by atoms with E-state index in [0.717, 1.165) is 44.9 Å². The maximum Gasteiger partial charge on any atom is 0.341 e. The maximum absolute atomic E-state index is 11.4. The van der Waals surface area contributed by atoms with Gasteiger partial charge in [0.15, 0.2) is 6.61 Å². The zero-order chi connectivity index (χ0) is 24.9. The lowest BCUT2D eigenvalue weighted by molar-refractivity contribution is -0.139. The Bertz CT molecular complexity index is 1480. The number of rotatable bonds is 8. The number of carbonyl (C=O) groups is 1. The van der Waals surface area contributed by atoms with E-state index in [4.69, 9.17) is 9.84 Å². The molecule has 0 fully saturated rings. The molecule has 1 aromatic heterocycles. The second kappa shape index (κ2) is 10.3. The van der Waals surface area contributed by atoms with Crippen LogP contribution in [0.25, 0.3) is 39.2 Å². The summed E-state index contributed by atoms with van der Waals surface area (Å²) in [6.07, 6.45) is 0.714. The molecule has 4 aromatic carbocycles. The molecule has 0 saturated heterocycles. The van der Waals surface area contributed by atoms with Crippen LogP contribution in [-0.2, 0) is 11.2 Å². The molecule has 0 atom stereocenters. The first-order chi connectivity index (χ1) is 17.7. The molecule has 0 saturated carbocycles. The van der Waals surface area contributed by atoms with Gasteiger partial charge in [-0.15, -0.1) is 0 Å². The van der Waals surface area contributed by atoms with Gasteiger partial charge in [-0.25, -0.2) is 9.48 Å². The van der Waals surface area contributed by atoms with Gasteiger partial charge in [-0.3, -0.25) is 0 Å². The highest BCUT2D eigenvalue weighted by molar-refractivity contribution is 5.85. The number of aromatic nitrogens is 2. The molecule has 0 aliphatic carbocycles. The topological polar surface area (TPSA) is 64.4 Å². The van der Waals surface area contributed by atoms with Gasteiger partial charge in [0.1, 0.15) is 17.1 Å². The van der Waals surface area contributed by atoms with E-state index in [-0.39, 0.29) is 0 Å².